The van der Waals surface area contributed by atoms with Gasteiger partial charge in [0.2, 0.25) is 0 Å². The quantitative estimate of drug-likeness (QED) is 0.438. The molecular weight excluding hydrogens is 442 g/mol. The van der Waals surface area contributed by atoms with E-state index in [0.717, 1.165) is 11.3 Å². The van der Waals surface area contributed by atoms with Crippen molar-refractivity contribution in [3.63, 3.8) is 0 Å². The van der Waals surface area contributed by atoms with E-state index in [2.05, 4.69) is 32.2 Å². The van der Waals surface area contributed by atoms with Crippen LogP contribution >= 0.6 is 11.6 Å². The van der Waals surface area contributed by atoms with Crippen molar-refractivity contribution in [2.24, 2.45) is 0 Å². The Kier molecular flexibility index (Phi) is 6.20. The summed E-state index contributed by atoms with van der Waals surface area (Å²) in [4.78, 5) is 27.2. The van der Waals surface area contributed by atoms with Gasteiger partial charge in [0, 0.05) is 29.5 Å². The number of nitriles is 1. The molecule has 0 spiro atoms. The van der Waals surface area contributed by atoms with E-state index in [1.54, 1.807) is 12.1 Å². The van der Waals surface area contributed by atoms with Crippen LogP contribution in [0.3, 0.4) is 0 Å². The van der Waals surface area contributed by atoms with Gasteiger partial charge >= 0.3 is 6.03 Å². The molecule has 1 aromatic heterocycles. The number of carbonyl (C=O) groups excluding carboxylic acids is 2. The van der Waals surface area contributed by atoms with Crippen LogP contribution in [0.2, 0.25) is 5.02 Å². The zero-order valence-corrected chi connectivity index (χ0v) is 18.6. The highest BCUT2D eigenvalue weighted by molar-refractivity contribution is 6.31. The molecule has 0 atom stereocenters. The van der Waals surface area contributed by atoms with Crippen LogP contribution in [0.5, 0.6) is 0 Å². The lowest BCUT2D eigenvalue weighted by molar-refractivity contribution is 0.0609. The minimum absolute atomic E-state index is 0.0675. The summed E-state index contributed by atoms with van der Waals surface area (Å²) in [6.07, 6.45) is 1.49. The van der Waals surface area contributed by atoms with Gasteiger partial charge in [-0.1, -0.05) is 35.9 Å². The van der Waals surface area contributed by atoms with Crippen LogP contribution in [0.4, 0.5) is 22.0 Å². The lowest BCUT2D eigenvalue weighted by Crippen LogP contribution is -2.71. The third-order valence-corrected chi connectivity index (χ3v) is 5.67. The Balaban J connectivity index is 1.41. The number of urea groups is 1. The van der Waals surface area contributed by atoms with E-state index in [1.165, 1.54) is 11.1 Å². The number of H-pyrrole nitrogens is 1. The molecule has 0 bridgehead atoms. The van der Waals surface area contributed by atoms with Crippen molar-refractivity contribution in [3.05, 3.63) is 70.9 Å². The first-order valence-electron chi connectivity index (χ1n) is 10.3. The molecule has 1 aliphatic heterocycles. The van der Waals surface area contributed by atoms with E-state index in [0.29, 0.717) is 22.1 Å². The molecule has 4 rings (SSSR count). The van der Waals surface area contributed by atoms with Gasteiger partial charge in [-0.3, -0.25) is 9.89 Å². The number of hydrogen-bond donors (Lipinski definition) is 4. The highest BCUT2D eigenvalue weighted by Crippen LogP contribution is 2.28. The van der Waals surface area contributed by atoms with E-state index < -0.39 is 5.54 Å². The average Bonchev–Trinajstić information content (AvgIpc) is 3.23. The molecule has 2 aromatic carbocycles. The van der Waals surface area contributed by atoms with E-state index in [4.69, 9.17) is 11.6 Å². The summed E-state index contributed by atoms with van der Waals surface area (Å²) in [5.74, 6) is 0.0549. The van der Waals surface area contributed by atoms with E-state index in [9.17, 15) is 14.9 Å². The van der Waals surface area contributed by atoms with E-state index in [1.807, 2.05) is 43.3 Å². The largest absolute Gasteiger partial charge is 0.342 e. The molecular formula is C23H22ClN7O2. The monoisotopic (exact) mass is 463 g/mol. The van der Waals surface area contributed by atoms with Gasteiger partial charge in [-0.15, -0.1) is 0 Å². The van der Waals surface area contributed by atoms with Crippen molar-refractivity contribution >= 4 is 40.7 Å². The van der Waals surface area contributed by atoms with Gasteiger partial charge in [-0.05, 0) is 36.8 Å². The molecule has 0 aliphatic carbocycles. The molecule has 1 fully saturated rings. The average molecular weight is 464 g/mol. The van der Waals surface area contributed by atoms with Crippen molar-refractivity contribution in [2.45, 2.75) is 18.9 Å². The maximum Gasteiger partial charge on any atom is 0.322 e. The number of anilines is 3. The highest BCUT2D eigenvalue weighted by atomic mass is 35.5. The number of carbonyl (C=O) groups is 2. The van der Waals surface area contributed by atoms with Crippen LogP contribution in [-0.4, -0.2) is 45.7 Å². The number of aryl methyl sites for hydroxylation is 1. The van der Waals surface area contributed by atoms with Crippen LogP contribution in [0.15, 0.2) is 54.7 Å². The lowest BCUT2D eigenvalue weighted by atomic mass is 9.86. The maximum absolute atomic E-state index is 13.0. The van der Waals surface area contributed by atoms with Crippen molar-refractivity contribution in [2.75, 3.05) is 23.7 Å². The van der Waals surface area contributed by atoms with Crippen LogP contribution < -0.4 is 16.0 Å². The van der Waals surface area contributed by atoms with Gasteiger partial charge in [0.25, 0.3) is 5.91 Å². The highest BCUT2D eigenvalue weighted by Gasteiger charge is 2.46. The van der Waals surface area contributed by atoms with Crippen molar-refractivity contribution in [1.29, 1.82) is 5.26 Å². The first-order chi connectivity index (χ1) is 15.9. The first-order valence-corrected chi connectivity index (χ1v) is 10.6. The standard InChI is InChI=1S/C23H22ClN7O2/c1-15-7-8-16(24)11-19(15)28-22(33)31-13-23(14-31,9-10-25)29-21(32)18-12-26-30-20(18)27-17-5-3-2-4-6-17/h2-8,11-12H,9,13-14H2,1H3,(H,28,33)(H,29,32)(H2,26,27,30). The number of aromatic amines is 1. The minimum atomic E-state index is -0.839. The van der Waals surface area contributed by atoms with Gasteiger partial charge < -0.3 is 20.9 Å². The molecule has 0 saturated carbocycles. The second kappa shape index (κ2) is 9.22. The minimum Gasteiger partial charge on any atom is -0.342 e. The number of nitrogens with zero attached hydrogens (tertiary/aromatic N) is 3. The molecule has 33 heavy (non-hydrogen) atoms. The van der Waals surface area contributed by atoms with Crippen LogP contribution in [0.1, 0.15) is 22.3 Å². The summed E-state index contributed by atoms with van der Waals surface area (Å²) >= 11 is 6.02. The first kappa shape index (κ1) is 22.2. The molecule has 0 radical (unpaired) electrons. The summed E-state index contributed by atoms with van der Waals surface area (Å²) in [5.41, 5.74) is 1.76. The number of likely N-dealkylation sites (tertiary alicyclic amines) is 1. The van der Waals surface area contributed by atoms with Crippen LogP contribution in [-0.2, 0) is 0 Å². The number of para-hydroxylation sites is 1. The Morgan fingerprint density at radius 3 is 2.73 bits per heavy atom. The van der Waals surface area contributed by atoms with Crippen molar-refractivity contribution in [1.82, 2.24) is 20.4 Å². The Morgan fingerprint density at radius 1 is 1.24 bits per heavy atom. The molecule has 1 saturated heterocycles. The predicted octanol–water partition coefficient (Wildman–Crippen LogP) is 4.05. The van der Waals surface area contributed by atoms with Crippen LogP contribution in [0.25, 0.3) is 0 Å². The third-order valence-electron chi connectivity index (χ3n) is 5.44. The summed E-state index contributed by atoms with van der Waals surface area (Å²) in [6.45, 7) is 2.28. The lowest BCUT2D eigenvalue weighted by Gasteiger charge is -2.49. The zero-order valence-electron chi connectivity index (χ0n) is 17.9. The molecule has 9 nitrogen and oxygen atoms in total. The van der Waals surface area contributed by atoms with Gasteiger partial charge in [0.05, 0.1) is 24.2 Å². The fourth-order valence-electron chi connectivity index (χ4n) is 3.67. The van der Waals surface area contributed by atoms with E-state index >= 15 is 0 Å². The summed E-state index contributed by atoms with van der Waals surface area (Å²) < 4.78 is 0. The molecule has 1 aliphatic rings. The Morgan fingerprint density at radius 2 is 2.00 bits per heavy atom. The number of aromatic nitrogens is 2. The number of hydrogen-bond acceptors (Lipinski definition) is 5. The Bertz CT molecular complexity index is 1210. The van der Waals surface area contributed by atoms with Gasteiger partial charge in [-0.2, -0.15) is 10.4 Å². The molecule has 168 valence electrons. The fourth-order valence-corrected chi connectivity index (χ4v) is 3.84. The number of rotatable bonds is 6. The molecule has 2 heterocycles. The number of benzene rings is 2. The SMILES string of the molecule is Cc1ccc(Cl)cc1NC(=O)N1CC(CC#N)(NC(=O)c2cn[nH]c2Nc2ccccc2)C1. The predicted molar refractivity (Wildman–Crippen MR) is 126 cm³/mol. The second-order valence-electron chi connectivity index (χ2n) is 7.96. The number of nitrogens with one attached hydrogen (secondary N) is 4. The molecule has 0 unspecified atom stereocenters. The van der Waals surface area contributed by atoms with E-state index in [-0.39, 0.29) is 31.4 Å². The zero-order chi connectivity index (χ0) is 23.4. The maximum atomic E-state index is 13.0. The molecule has 10 heteroatoms. The van der Waals surface area contributed by atoms with Crippen molar-refractivity contribution < 1.29 is 9.59 Å². The molecule has 3 amide bonds. The normalized spacial score (nSPS) is 14.0. The molecule has 4 N–H and O–H groups in total. The van der Waals surface area contributed by atoms with Crippen LogP contribution in [0, 0.1) is 18.3 Å². The number of halogens is 1. The summed E-state index contributed by atoms with van der Waals surface area (Å²) in [6, 6.07) is 16.4. The second-order valence-corrected chi connectivity index (χ2v) is 8.40. The van der Waals surface area contributed by atoms with Crippen molar-refractivity contribution in [3.8, 4) is 6.07 Å². The topological polar surface area (TPSA) is 126 Å². The smallest absolute Gasteiger partial charge is 0.322 e. The summed E-state index contributed by atoms with van der Waals surface area (Å²) in [5, 5.41) is 25.5. The van der Waals surface area contributed by atoms with Gasteiger partial charge in [-0.25, -0.2) is 4.79 Å². The Labute approximate surface area is 195 Å². The fraction of sp³-hybridized carbons (Fsp3) is 0.217. The molecule has 3 aromatic rings. The van der Waals surface area contributed by atoms with Gasteiger partial charge in [0.1, 0.15) is 11.4 Å². The summed E-state index contributed by atoms with van der Waals surface area (Å²) in [7, 11) is 0. The number of amides is 3. The third kappa shape index (κ3) is 4.91. The van der Waals surface area contributed by atoms with Gasteiger partial charge in [0.15, 0.2) is 0 Å². The Hall–Kier alpha value is -4.03.